The van der Waals surface area contributed by atoms with Gasteiger partial charge >= 0.3 is 5.97 Å². The van der Waals surface area contributed by atoms with E-state index < -0.39 is 51.7 Å². The third-order valence-corrected chi connectivity index (χ3v) is 3.69. The molecule has 3 N–H and O–H groups in total. The van der Waals surface area contributed by atoms with E-state index in [4.69, 9.17) is 15.6 Å². The van der Waals surface area contributed by atoms with Crippen LogP contribution in [0.15, 0.2) is 18.2 Å². The number of ether oxygens (including phenoxy) is 1. The van der Waals surface area contributed by atoms with Crippen LogP contribution in [-0.2, 0) is 10.3 Å². The van der Waals surface area contributed by atoms with Gasteiger partial charge in [-0.1, -0.05) is 0 Å². The highest BCUT2D eigenvalue weighted by Crippen LogP contribution is 2.33. The van der Waals surface area contributed by atoms with Gasteiger partial charge in [-0.3, -0.25) is 0 Å². The molecule has 0 fully saturated rings. The normalized spacial score (nSPS) is 11.6. The van der Waals surface area contributed by atoms with Crippen LogP contribution in [0.2, 0.25) is 0 Å². The van der Waals surface area contributed by atoms with Crippen LogP contribution >= 0.6 is 0 Å². The smallest absolute Gasteiger partial charge is 0.356 e. The van der Waals surface area contributed by atoms with Gasteiger partial charge in [-0.15, -0.1) is 0 Å². The molecule has 0 amide bonds. The number of carbonyl (C=O) groups is 1. The number of aromatic nitrogens is 1. The number of carboxylic acids is 1. The van der Waals surface area contributed by atoms with Gasteiger partial charge in [0.2, 0.25) is 0 Å². The molecule has 0 spiro atoms. The standard InChI is InChI=1S/C16H15F3N2O3/c1-16(2,24-3)7-4-8(17)12(9(18)5-7)13-10(19)6-11(20)14(21-13)15(22)23/h4-6H,20H2,1-3H3,(H,22,23). The number of nitrogen functional groups attached to an aromatic ring is 1. The molecular weight excluding hydrogens is 325 g/mol. The van der Waals surface area contributed by atoms with Gasteiger partial charge in [0, 0.05) is 13.2 Å². The molecule has 0 bridgehead atoms. The van der Waals surface area contributed by atoms with Crippen molar-refractivity contribution >= 4 is 11.7 Å². The first-order valence-corrected chi connectivity index (χ1v) is 6.82. The highest BCUT2D eigenvalue weighted by Gasteiger charge is 2.26. The molecule has 0 saturated heterocycles. The van der Waals surface area contributed by atoms with Gasteiger partial charge in [0.15, 0.2) is 11.5 Å². The first-order chi connectivity index (χ1) is 11.1. The van der Waals surface area contributed by atoms with E-state index in [-0.39, 0.29) is 5.56 Å². The summed E-state index contributed by atoms with van der Waals surface area (Å²) in [6.45, 7) is 3.21. The monoisotopic (exact) mass is 340 g/mol. The molecule has 0 saturated carbocycles. The fourth-order valence-corrected chi connectivity index (χ4v) is 2.11. The van der Waals surface area contributed by atoms with Crippen molar-refractivity contribution in [2.75, 3.05) is 12.8 Å². The predicted molar refractivity (Wildman–Crippen MR) is 81.0 cm³/mol. The number of rotatable bonds is 4. The number of hydrogen-bond acceptors (Lipinski definition) is 4. The SMILES string of the molecule is COC(C)(C)c1cc(F)c(-c2nc(C(=O)O)c(N)cc2F)c(F)c1. The Morgan fingerprint density at radius 1 is 1.17 bits per heavy atom. The van der Waals surface area contributed by atoms with Crippen molar-refractivity contribution in [1.82, 2.24) is 4.98 Å². The lowest BCUT2D eigenvalue weighted by atomic mass is 9.95. The van der Waals surface area contributed by atoms with Gasteiger partial charge in [-0.25, -0.2) is 22.9 Å². The van der Waals surface area contributed by atoms with Crippen molar-refractivity contribution in [1.29, 1.82) is 0 Å². The van der Waals surface area contributed by atoms with Gasteiger partial charge in [0.25, 0.3) is 0 Å². The maximum absolute atomic E-state index is 14.4. The highest BCUT2D eigenvalue weighted by molar-refractivity contribution is 5.92. The minimum Gasteiger partial charge on any atom is -0.476 e. The summed E-state index contributed by atoms with van der Waals surface area (Å²) in [7, 11) is 1.38. The van der Waals surface area contributed by atoms with Crippen molar-refractivity contribution in [3.05, 3.63) is 46.9 Å². The lowest BCUT2D eigenvalue weighted by Crippen LogP contribution is -2.20. The number of nitrogens with two attached hydrogens (primary N) is 1. The second-order valence-corrected chi connectivity index (χ2v) is 5.59. The summed E-state index contributed by atoms with van der Waals surface area (Å²) in [6, 6.07) is 2.64. The van der Waals surface area contributed by atoms with Crippen LogP contribution in [0.5, 0.6) is 0 Å². The molecule has 5 nitrogen and oxygen atoms in total. The number of anilines is 1. The fraction of sp³-hybridized carbons (Fsp3) is 0.250. The Morgan fingerprint density at radius 3 is 2.17 bits per heavy atom. The molecule has 1 heterocycles. The topological polar surface area (TPSA) is 85.4 Å². The van der Waals surface area contributed by atoms with Crippen LogP contribution in [0.4, 0.5) is 18.9 Å². The van der Waals surface area contributed by atoms with Crippen LogP contribution in [0, 0.1) is 17.5 Å². The molecule has 0 radical (unpaired) electrons. The molecule has 0 aliphatic rings. The number of methoxy groups -OCH3 is 1. The lowest BCUT2D eigenvalue weighted by Gasteiger charge is -2.24. The Labute approximate surface area is 135 Å². The van der Waals surface area contributed by atoms with E-state index >= 15 is 0 Å². The molecule has 0 atom stereocenters. The van der Waals surface area contributed by atoms with Crippen LogP contribution < -0.4 is 5.73 Å². The summed E-state index contributed by atoms with van der Waals surface area (Å²) in [5.41, 5.74) is 1.91. The molecule has 24 heavy (non-hydrogen) atoms. The third-order valence-electron chi connectivity index (χ3n) is 3.69. The molecule has 0 aliphatic heterocycles. The summed E-state index contributed by atoms with van der Waals surface area (Å²) >= 11 is 0. The third kappa shape index (κ3) is 3.05. The molecule has 2 rings (SSSR count). The first-order valence-electron chi connectivity index (χ1n) is 6.82. The predicted octanol–water partition coefficient (Wildman–Crippen LogP) is 3.33. The summed E-state index contributed by atoms with van der Waals surface area (Å²) in [5.74, 6) is -4.86. The zero-order valence-corrected chi connectivity index (χ0v) is 13.2. The summed E-state index contributed by atoms with van der Waals surface area (Å²) in [6.07, 6.45) is 0. The van der Waals surface area contributed by atoms with E-state index in [1.807, 2.05) is 0 Å². The Hall–Kier alpha value is -2.61. The van der Waals surface area contributed by atoms with Crippen molar-refractivity contribution in [3.8, 4) is 11.3 Å². The van der Waals surface area contributed by atoms with E-state index in [0.717, 1.165) is 12.1 Å². The van der Waals surface area contributed by atoms with E-state index in [1.165, 1.54) is 7.11 Å². The average Bonchev–Trinajstić information content (AvgIpc) is 2.48. The summed E-state index contributed by atoms with van der Waals surface area (Å²) in [4.78, 5) is 14.5. The largest absolute Gasteiger partial charge is 0.476 e. The van der Waals surface area contributed by atoms with Crippen LogP contribution in [-0.4, -0.2) is 23.2 Å². The molecule has 2 aromatic rings. The minimum atomic E-state index is -1.54. The van der Waals surface area contributed by atoms with Crippen LogP contribution in [0.3, 0.4) is 0 Å². The van der Waals surface area contributed by atoms with Gasteiger partial charge in [-0.05, 0) is 31.5 Å². The second kappa shape index (κ2) is 6.12. The van der Waals surface area contributed by atoms with Crippen LogP contribution in [0.25, 0.3) is 11.3 Å². The zero-order valence-electron chi connectivity index (χ0n) is 13.2. The molecule has 1 aromatic carbocycles. The maximum Gasteiger partial charge on any atom is 0.356 e. The first kappa shape index (κ1) is 17.7. The number of nitrogens with zero attached hydrogens (tertiary/aromatic N) is 1. The Balaban J connectivity index is 2.71. The molecule has 0 unspecified atom stereocenters. The van der Waals surface area contributed by atoms with Crippen molar-refractivity contribution in [2.45, 2.75) is 19.4 Å². The fourth-order valence-electron chi connectivity index (χ4n) is 2.11. The number of carboxylic acid groups (broad SMARTS) is 1. The molecular formula is C16H15F3N2O3. The minimum absolute atomic E-state index is 0.193. The van der Waals surface area contributed by atoms with Gasteiger partial charge < -0.3 is 15.6 Å². The van der Waals surface area contributed by atoms with Crippen molar-refractivity contribution in [2.24, 2.45) is 0 Å². The zero-order chi connectivity index (χ0) is 18.2. The molecule has 8 heteroatoms. The molecule has 1 aromatic heterocycles. The van der Waals surface area contributed by atoms with Crippen molar-refractivity contribution in [3.63, 3.8) is 0 Å². The van der Waals surface area contributed by atoms with E-state index in [1.54, 1.807) is 13.8 Å². The Kier molecular flexibility index (Phi) is 4.52. The summed E-state index contributed by atoms with van der Waals surface area (Å²) in [5, 5.41) is 8.98. The number of aromatic carboxylic acids is 1. The quantitative estimate of drug-likeness (QED) is 0.892. The Bertz CT molecular complexity index is 799. The Morgan fingerprint density at radius 2 is 1.71 bits per heavy atom. The number of benzene rings is 1. The van der Waals surface area contributed by atoms with Gasteiger partial charge in [0.05, 0.1) is 16.9 Å². The maximum atomic E-state index is 14.4. The molecule has 0 aliphatic carbocycles. The number of halogens is 3. The van der Waals surface area contributed by atoms with Crippen LogP contribution in [0.1, 0.15) is 29.9 Å². The van der Waals surface area contributed by atoms with E-state index in [2.05, 4.69) is 4.98 Å². The molecule has 128 valence electrons. The lowest BCUT2D eigenvalue weighted by molar-refractivity contribution is 0.0187. The average molecular weight is 340 g/mol. The summed E-state index contributed by atoms with van der Waals surface area (Å²) < 4.78 is 48.0. The van der Waals surface area contributed by atoms with Crippen molar-refractivity contribution < 1.29 is 27.8 Å². The number of hydrogen-bond donors (Lipinski definition) is 2. The second-order valence-electron chi connectivity index (χ2n) is 5.59. The number of pyridine rings is 1. The highest BCUT2D eigenvalue weighted by atomic mass is 19.1. The van der Waals surface area contributed by atoms with Gasteiger partial charge in [-0.2, -0.15) is 0 Å². The van der Waals surface area contributed by atoms with E-state index in [9.17, 15) is 18.0 Å². The van der Waals surface area contributed by atoms with Gasteiger partial charge in [0.1, 0.15) is 17.3 Å². The van der Waals surface area contributed by atoms with E-state index in [0.29, 0.717) is 6.07 Å².